The van der Waals surface area contributed by atoms with Crippen molar-refractivity contribution in [3.05, 3.63) is 53.4 Å². The predicted octanol–water partition coefficient (Wildman–Crippen LogP) is 4.21. The summed E-state index contributed by atoms with van der Waals surface area (Å²) in [5.74, 6) is 0.269. The Hall–Kier alpha value is -2.89. The van der Waals surface area contributed by atoms with Crippen molar-refractivity contribution < 1.29 is 4.79 Å². The van der Waals surface area contributed by atoms with E-state index in [1.807, 2.05) is 50.2 Å². The molecule has 0 aliphatic heterocycles. The van der Waals surface area contributed by atoms with Gasteiger partial charge in [-0.25, -0.2) is 9.97 Å². The van der Waals surface area contributed by atoms with E-state index >= 15 is 0 Å². The van der Waals surface area contributed by atoms with Gasteiger partial charge in [-0.3, -0.25) is 4.79 Å². The zero-order chi connectivity index (χ0) is 19.9. The van der Waals surface area contributed by atoms with Gasteiger partial charge in [0.25, 0.3) is 5.91 Å². The first-order valence-electron chi connectivity index (χ1n) is 9.87. The predicted molar refractivity (Wildman–Crippen MR) is 114 cm³/mol. The van der Waals surface area contributed by atoms with Crippen molar-refractivity contribution >= 4 is 23.2 Å². The molecule has 0 fully saturated rings. The number of hydrogen-bond donors (Lipinski definition) is 2. The lowest BCUT2D eigenvalue weighted by Crippen LogP contribution is -2.26. The molecule has 6 heteroatoms. The second kappa shape index (κ2) is 9.35. The first-order chi connectivity index (χ1) is 13.5. The van der Waals surface area contributed by atoms with E-state index in [0.717, 1.165) is 29.9 Å². The molecular weight excluding hydrogens is 350 g/mol. The van der Waals surface area contributed by atoms with E-state index in [0.29, 0.717) is 18.2 Å². The van der Waals surface area contributed by atoms with E-state index in [1.165, 1.54) is 24.8 Å². The lowest BCUT2D eigenvalue weighted by Gasteiger charge is -2.14. The first-order valence-corrected chi connectivity index (χ1v) is 9.87. The highest BCUT2D eigenvalue weighted by Gasteiger charge is 2.11. The molecule has 2 N–H and O–H groups in total. The summed E-state index contributed by atoms with van der Waals surface area (Å²) in [4.78, 5) is 23.3. The van der Waals surface area contributed by atoms with Crippen LogP contribution in [0.4, 0.5) is 17.3 Å². The zero-order valence-electron chi connectivity index (χ0n) is 17.0. The third kappa shape index (κ3) is 5.55. The molecule has 0 saturated heterocycles. The maximum atomic E-state index is 12.5. The van der Waals surface area contributed by atoms with Crippen LogP contribution in [-0.2, 0) is 0 Å². The van der Waals surface area contributed by atoms with Crippen LogP contribution >= 0.6 is 0 Å². The zero-order valence-corrected chi connectivity index (χ0v) is 17.0. The average Bonchev–Trinajstić information content (AvgIpc) is 2.68. The van der Waals surface area contributed by atoms with Crippen LogP contribution in [0.25, 0.3) is 0 Å². The molecule has 3 rings (SSSR count). The lowest BCUT2D eigenvalue weighted by atomic mass is 9.97. The summed E-state index contributed by atoms with van der Waals surface area (Å²) in [5, 5.41) is 6.17. The average molecular weight is 380 g/mol. The van der Waals surface area contributed by atoms with Crippen LogP contribution in [0.3, 0.4) is 0 Å². The molecule has 2 aromatic rings. The van der Waals surface area contributed by atoms with Crippen LogP contribution < -0.4 is 15.5 Å². The molecule has 0 radical (unpaired) electrons. The summed E-state index contributed by atoms with van der Waals surface area (Å²) in [5.41, 5.74) is 4.59. The SMILES string of the molecule is Cc1cc(C(=O)NCCC2=CCCCC2)nc(Nc2ccc(N(C)C)cc2)n1. The minimum atomic E-state index is -0.159. The van der Waals surface area contributed by atoms with Gasteiger partial charge in [0.15, 0.2) is 0 Å². The van der Waals surface area contributed by atoms with Gasteiger partial charge in [-0.05, 0) is 69.4 Å². The molecule has 1 amide bonds. The molecule has 1 aliphatic carbocycles. The van der Waals surface area contributed by atoms with Gasteiger partial charge in [-0.15, -0.1) is 0 Å². The molecule has 0 bridgehead atoms. The molecular formula is C22H29N5O. The number of carbonyl (C=O) groups is 1. The number of hydrogen-bond acceptors (Lipinski definition) is 5. The van der Waals surface area contributed by atoms with E-state index in [1.54, 1.807) is 6.07 Å². The van der Waals surface area contributed by atoms with Crippen LogP contribution in [0.15, 0.2) is 42.0 Å². The number of nitrogens with zero attached hydrogens (tertiary/aromatic N) is 3. The number of amides is 1. The third-order valence-electron chi connectivity index (χ3n) is 4.84. The fraction of sp³-hybridized carbons (Fsp3) is 0.409. The molecule has 148 valence electrons. The fourth-order valence-electron chi connectivity index (χ4n) is 3.27. The largest absolute Gasteiger partial charge is 0.378 e. The van der Waals surface area contributed by atoms with Crippen molar-refractivity contribution in [3.63, 3.8) is 0 Å². The summed E-state index contributed by atoms with van der Waals surface area (Å²) in [6.45, 7) is 2.51. The van der Waals surface area contributed by atoms with E-state index in [-0.39, 0.29) is 5.91 Å². The Morgan fingerprint density at radius 1 is 1.14 bits per heavy atom. The minimum absolute atomic E-state index is 0.159. The Balaban J connectivity index is 1.61. The number of benzene rings is 1. The van der Waals surface area contributed by atoms with Gasteiger partial charge in [-0.1, -0.05) is 11.6 Å². The van der Waals surface area contributed by atoms with Crippen LogP contribution in [-0.4, -0.2) is 36.5 Å². The Morgan fingerprint density at radius 2 is 1.93 bits per heavy atom. The van der Waals surface area contributed by atoms with E-state index in [4.69, 9.17) is 0 Å². The molecule has 28 heavy (non-hydrogen) atoms. The second-order valence-electron chi connectivity index (χ2n) is 7.40. The molecule has 1 heterocycles. The first kappa shape index (κ1) is 19.9. The lowest BCUT2D eigenvalue weighted by molar-refractivity contribution is 0.0949. The summed E-state index contributed by atoms with van der Waals surface area (Å²) in [7, 11) is 4.00. The maximum absolute atomic E-state index is 12.5. The number of anilines is 3. The van der Waals surface area contributed by atoms with Gasteiger partial charge in [0.1, 0.15) is 5.69 Å². The number of rotatable bonds is 7. The number of allylic oxidation sites excluding steroid dienone is 1. The van der Waals surface area contributed by atoms with Gasteiger partial charge < -0.3 is 15.5 Å². The summed E-state index contributed by atoms with van der Waals surface area (Å²) >= 11 is 0. The Labute approximate surface area is 167 Å². The van der Waals surface area contributed by atoms with E-state index < -0.39 is 0 Å². The molecule has 1 aromatic heterocycles. The number of carbonyl (C=O) groups excluding carboxylic acids is 1. The van der Waals surface area contributed by atoms with Gasteiger partial charge in [0.05, 0.1) is 0 Å². The highest BCUT2D eigenvalue weighted by molar-refractivity contribution is 5.92. The highest BCUT2D eigenvalue weighted by Crippen LogP contribution is 2.20. The van der Waals surface area contributed by atoms with Gasteiger partial charge in [0, 0.05) is 37.7 Å². The standard InChI is InChI=1S/C22H29N5O/c1-16-15-20(21(28)23-14-13-17-7-5-4-6-8-17)26-22(24-16)25-18-9-11-19(12-10-18)27(2)3/h7,9-12,15H,4-6,8,13-14H2,1-3H3,(H,23,28)(H,24,25,26). The highest BCUT2D eigenvalue weighted by atomic mass is 16.1. The molecule has 1 aliphatic rings. The molecule has 0 spiro atoms. The summed E-state index contributed by atoms with van der Waals surface area (Å²) in [6.07, 6.45) is 8.09. The maximum Gasteiger partial charge on any atom is 0.270 e. The monoisotopic (exact) mass is 379 g/mol. The Kier molecular flexibility index (Phi) is 6.63. The van der Waals surface area contributed by atoms with Crippen molar-refractivity contribution in [2.24, 2.45) is 0 Å². The third-order valence-corrected chi connectivity index (χ3v) is 4.84. The van der Waals surface area contributed by atoms with Gasteiger partial charge in [0.2, 0.25) is 5.95 Å². The molecule has 6 nitrogen and oxygen atoms in total. The summed E-state index contributed by atoms with van der Waals surface area (Å²) < 4.78 is 0. The molecule has 0 atom stereocenters. The number of aromatic nitrogens is 2. The van der Waals surface area contributed by atoms with E-state index in [2.05, 4.69) is 26.7 Å². The Morgan fingerprint density at radius 3 is 2.61 bits per heavy atom. The van der Waals surface area contributed by atoms with Crippen molar-refractivity contribution in [1.29, 1.82) is 0 Å². The van der Waals surface area contributed by atoms with Crippen LogP contribution in [0.2, 0.25) is 0 Å². The second-order valence-corrected chi connectivity index (χ2v) is 7.40. The van der Waals surface area contributed by atoms with Gasteiger partial charge >= 0.3 is 0 Å². The number of nitrogens with one attached hydrogen (secondary N) is 2. The van der Waals surface area contributed by atoms with Crippen LogP contribution in [0, 0.1) is 6.92 Å². The molecule has 0 saturated carbocycles. The van der Waals surface area contributed by atoms with Gasteiger partial charge in [-0.2, -0.15) is 0 Å². The fourth-order valence-corrected chi connectivity index (χ4v) is 3.27. The smallest absolute Gasteiger partial charge is 0.270 e. The van der Waals surface area contributed by atoms with Crippen LogP contribution in [0.1, 0.15) is 48.3 Å². The van der Waals surface area contributed by atoms with Crippen molar-refractivity contribution in [1.82, 2.24) is 15.3 Å². The topological polar surface area (TPSA) is 70.2 Å². The van der Waals surface area contributed by atoms with Crippen molar-refractivity contribution in [2.45, 2.75) is 39.0 Å². The summed E-state index contributed by atoms with van der Waals surface area (Å²) in [6, 6.07) is 9.70. The van der Waals surface area contributed by atoms with Crippen molar-refractivity contribution in [2.75, 3.05) is 30.9 Å². The van der Waals surface area contributed by atoms with Crippen molar-refractivity contribution in [3.8, 4) is 0 Å². The normalized spacial score (nSPS) is 13.6. The Bertz CT molecular complexity index is 843. The van der Waals surface area contributed by atoms with Crippen LogP contribution in [0.5, 0.6) is 0 Å². The number of aryl methyl sites for hydroxylation is 1. The van der Waals surface area contributed by atoms with E-state index in [9.17, 15) is 4.79 Å². The minimum Gasteiger partial charge on any atom is -0.378 e. The quantitative estimate of drug-likeness (QED) is 0.705. The molecule has 0 unspecified atom stereocenters. The molecule has 1 aromatic carbocycles.